The van der Waals surface area contributed by atoms with Crippen LogP contribution in [0.2, 0.25) is 0 Å². The topological polar surface area (TPSA) is 63.3 Å². The van der Waals surface area contributed by atoms with Crippen LogP contribution in [-0.2, 0) is 0 Å². The zero-order chi connectivity index (χ0) is 9.30. The van der Waals surface area contributed by atoms with E-state index in [1.54, 1.807) is 0 Å². The van der Waals surface area contributed by atoms with Crippen molar-refractivity contribution in [1.29, 1.82) is 0 Å². The molecule has 0 atom stereocenters. The van der Waals surface area contributed by atoms with E-state index in [1.165, 1.54) is 19.1 Å². The number of nitrogens with two attached hydrogens (primary N) is 1. The molecule has 0 fully saturated rings. The lowest BCUT2D eigenvalue weighted by Crippen LogP contribution is -1.96. The van der Waals surface area contributed by atoms with Crippen LogP contribution in [0, 0.1) is 0 Å². The summed E-state index contributed by atoms with van der Waals surface area (Å²) in [6.07, 6.45) is 0. The van der Waals surface area contributed by atoms with Gasteiger partial charge in [-0.25, -0.2) is 0 Å². The minimum Gasteiger partial charge on any atom is -0.506 e. The maximum atomic E-state index is 11.0. The number of carbonyl (C=O) groups excluding carboxylic acids is 1. The molecule has 0 bridgehead atoms. The molecule has 0 aromatic heterocycles. The summed E-state index contributed by atoms with van der Waals surface area (Å²) in [4.78, 5) is 11.0. The zero-order valence-electron chi connectivity index (χ0n) is 6.47. The molecule has 3 N–H and O–H groups in total. The molecule has 0 aliphatic heterocycles. The van der Waals surface area contributed by atoms with E-state index < -0.39 is 0 Å². The van der Waals surface area contributed by atoms with Crippen LogP contribution in [0.5, 0.6) is 5.75 Å². The number of anilines is 1. The van der Waals surface area contributed by atoms with Gasteiger partial charge in [0.25, 0.3) is 0 Å². The van der Waals surface area contributed by atoms with Crippen molar-refractivity contribution in [2.45, 2.75) is 6.92 Å². The Morgan fingerprint density at radius 1 is 1.58 bits per heavy atom. The Hall–Kier alpha value is -1.03. The van der Waals surface area contributed by atoms with Crippen molar-refractivity contribution in [3.05, 3.63) is 22.2 Å². The van der Waals surface area contributed by atoms with E-state index in [2.05, 4.69) is 15.9 Å². The van der Waals surface area contributed by atoms with Crippen molar-refractivity contribution in [3.8, 4) is 5.75 Å². The Bertz CT molecular complexity index is 336. The lowest BCUT2D eigenvalue weighted by molar-refractivity contribution is 0.101. The van der Waals surface area contributed by atoms with E-state index >= 15 is 0 Å². The first-order chi connectivity index (χ1) is 5.52. The van der Waals surface area contributed by atoms with Crippen LogP contribution in [0.15, 0.2) is 16.6 Å². The summed E-state index contributed by atoms with van der Waals surface area (Å²) < 4.78 is 0.557. The lowest BCUT2D eigenvalue weighted by Gasteiger charge is -2.03. The molecule has 0 aliphatic rings. The first-order valence-corrected chi connectivity index (χ1v) is 4.10. The fraction of sp³-hybridized carbons (Fsp3) is 0.125. The van der Waals surface area contributed by atoms with Crippen LogP contribution in [0.25, 0.3) is 0 Å². The number of carbonyl (C=O) groups is 1. The van der Waals surface area contributed by atoms with Crippen molar-refractivity contribution in [3.63, 3.8) is 0 Å². The number of Topliss-reactive ketones (excluding diaryl/α,β-unsaturated/α-hetero) is 1. The number of rotatable bonds is 1. The van der Waals surface area contributed by atoms with Crippen molar-refractivity contribution < 1.29 is 9.90 Å². The van der Waals surface area contributed by atoms with Crippen LogP contribution >= 0.6 is 15.9 Å². The molecule has 0 spiro atoms. The van der Waals surface area contributed by atoms with Gasteiger partial charge in [-0.2, -0.15) is 0 Å². The average molecular weight is 230 g/mol. The Balaban J connectivity index is 3.33. The number of benzene rings is 1. The van der Waals surface area contributed by atoms with Crippen LogP contribution in [0.4, 0.5) is 5.69 Å². The fourth-order valence-corrected chi connectivity index (χ4v) is 1.46. The molecule has 64 valence electrons. The van der Waals surface area contributed by atoms with Gasteiger partial charge >= 0.3 is 0 Å². The van der Waals surface area contributed by atoms with Gasteiger partial charge in [-0.3, -0.25) is 4.79 Å². The third-order valence-electron chi connectivity index (χ3n) is 1.50. The van der Waals surface area contributed by atoms with Crippen LogP contribution in [-0.4, -0.2) is 10.9 Å². The van der Waals surface area contributed by atoms with Crippen molar-refractivity contribution in [2.75, 3.05) is 5.73 Å². The van der Waals surface area contributed by atoms with Gasteiger partial charge in [0.15, 0.2) is 5.78 Å². The zero-order valence-corrected chi connectivity index (χ0v) is 8.05. The second-order valence-electron chi connectivity index (χ2n) is 2.45. The lowest BCUT2D eigenvalue weighted by atomic mass is 10.1. The highest BCUT2D eigenvalue weighted by atomic mass is 79.9. The van der Waals surface area contributed by atoms with E-state index in [0.29, 0.717) is 10.0 Å². The van der Waals surface area contributed by atoms with Gasteiger partial charge < -0.3 is 10.8 Å². The Morgan fingerprint density at radius 2 is 2.17 bits per heavy atom. The van der Waals surface area contributed by atoms with E-state index in [0.717, 1.165) is 0 Å². The molecule has 4 heteroatoms. The molecule has 1 aromatic rings. The molecule has 0 unspecified atom stereocenters. The first kappa shape index (κ1) is 9.06. The van der Waals surface area contributed by atoms with Crippen LogP contribution in [0.3, 0.4) is 0 Å². The molecule has 0 saturated carbocycles. The molecule has 1 aromatic carbocycles. The first-order valence-electron chi connectivity index (χ1n) is 3.31. The number of halogens is 1. The molecular formula is C8H8BrNO2. The number of aromatic hydroxyl groups is 1. The van der Waals surface area contributed by atoms with Gasteiger partial charge in [0.2, 0.25) is 0 Å². The van der Waals surface area contributed by atoms with Crippen molar-refractivity contribution in [2.24, 2.45) is 0 Å². The predicted molar refractivity (Wildman–Crippen MR) is 50.2 cm³/mol. The minimum absolute atomic E-state index is 0.0214. The Kier molecular flexibility index (Phi) is 2.38. The summed E-state index contributed by atoms with van der Waals surface area (Å²) in [5, 5.41) is 9.14. The highest BCUT2D eigenvalue weighted by molar-refractivity contribution is 9.10. The van der Waals surface area contributed by atoms with Gasteiger partial charge in [-0.1, -0.05) is 0 Å². The smallest absolute Gasteiger partial charge is 0.161 e. The SMILES string of the molecule is CC(=O)c1cc(N)c(O)cc1Br. The van der Waals surface area contributed by atoms with Crippen molar-refractivity contribution in [1.82, 2.24) is 0 Å². The number of phenols is 1. The molecule has 0 amide bonds. The Labute approximate surface area is 78.3 Å². The fourth-order valence-electron chi connectivity index (χ4n) is 0.849. The molecule has 0 radical (unpaired) electrons. The van der Waals surface area contributed by atoms with E-state index in [-0.39, 0.29) is 17.2 Å². The van der Waals surface area contributed by atoms with E-state index in [1.807, 2.05) is 0 Å². The van der Waals surface area contributed by atoms with Crippen molar-refractivity contribution >= 4 is 27.4 Å². The Morgan fingerprint density at radius 3 is 2.67 bits per heavy atom. The van der Waals surface area contributed by atoms with Gasteiger partial charge in [0.05, 0.1) is 5.69 Å². The number of hydrogen-bond donors (Lipinski definition) is 2. The molecule has 12 heavy (non-hydrogen) atoms. The summed E-state index contributed by atoms with van der Waals surface area (Å²) in [7, 11) is 0. The van der Waals surface area contributed by atoms with Crippen LogP contribution in [0.1, 0.15) is 17.3 Å². The summed E-state index contributed by atoms with van der Waals surface area (Å²) in [6, 6.07) is 2.85. The summed E-state index contributed by atoms with van der Waals surface area (Å²) in [5.41, 5.74) is 6.09. The molecule has 3 nitrogen and oxygen atoms in total. The van der Waals surface area contributed by atoms with Gasteiger partial charge in [-0.05, 0) is 35.0 Å². The maximum Gasteiger partial charge on any atom is 0.161 e. The third-order valence-corrected chi connectivity index (χ3v) is 2.15. The normalized spacial score (nSPS) is 9.83. The monoisotopic (exact) mass is 229 g/mol. The molecule has 0 heterocycles. The second-order valence-corrected chi connectivity index (χ2v) is 3.30. The summed E-state index contributed by atoms with van der Waals surface area (Å²) in [5.74, 6) is -0.111. The number of nitrogen functional groups attached to an aromatic ring is 1. The maximum absolute atomic E-state index is 11.0. The average Bonchev–Trinajstić information content (AvgIpc) is 1.96. The highest BCUT2D eigenvalue weighted by Gasteiger charge is 2.08. The number of phenolic OH excluding ortho intramolecular Hbond substituents is 1. The molecule has 0 saturated heterocycles. The summed E-state index contributed by atoms with van der Waals surface area (Å²) in [6.45, 7) is 1.44. The number of hydrogen-bond acceptors (Lipinski definition) is 3. The molecular weight excluding hydrogens is 222 g/mol. The summed E-state index contributed by atoms with van der Waals surface area (Å²) >= 11 is 3.15. The largest absolute Gasteiger partial charge is 0.506 e. The van der Waals surface area contributed by atoms with E-state index in [9.17, 15) is 4.79 Å². The predicted octanol–water partition coefficient (Wildman–Crippen LogP) is 1.94. The van der Waals surface area contributed by atoms with Gasteiger partial charge in [-0.15, -0.1) is 0 Å². The number of ketones is 1. The van der Waals surface area contributed by atoms with Gasteiger partial charge in [0.1, 0.15) is 5.75 Å². The highest BCUT2D eigenvalue weighted by Crippen LogP contribution is 2.28. The second kappa shape index (κ2) is 3.15. The third kappa shape index (κ3) is 1.58. The molecule has 1 rings (SSSR count). The van der Waals surface area contributed by atoms with E-state index in [4.69, 9.17) is 10.8 Å². The minimum atomic E-state index is -0.0893. The molecule has 0 aliphatic carbocycles. The quantitative estimate of drug-likeness (QED) is 0.440. The standard InChI is InChI=1S/C8H8BrNO2/c1-4(11)5-2-7(10)8(12)3-6(5)9/h2-3,12H,10H2,1H3. The van der Waals surface area contributed by atoms with Gasteiger partial charge in [0, 0.05) is 10.0 Å². The van der Waals surface area contributed by atoms with Crippen LogP contribution < -0.4 is 5.73 Å².